The molecule has 2 amide bonds. The van der Waals surface area contributed by atoms with Crippen LogP contribution in [0.2, 0.25) is 0 Å². The molecule has 2 rings (SSSR count). The van der Waals surface area contributed by atoms with Crippen LogP contribution in [-0.4, -0.2) is 37.5 Å². The molecule has 2 aromatic carbocycles. The Bertz CT molecular complexity index is 768. The van der Waals surface area contributed by atoms with Crippen LogP contribution in [0.4, 0.5) is 15.8 Å². The van der Waals surface area contributed by atoms with Crippen LogP contribution in [0.15, 0.2) is 42.5 Å². The maximum Gasteiger partial charge on any atom is 0.234 e. The zero-order valence-electron chi connectivity index (χ0n) is 14.4. The van der Waals surface area contributed by atoms with Crippen molar-refractivity contribution >= 4 is 35.0 Å². The van der Waals surface area contributed by atoms with Crippen LogP contribution >= 0.6 is 11.8 Å². The minimum absolute atomic E-state index is 0.0944. The predicted molar refractivity (Wildman–Crippen MR) is 101 cm³/mol. The highest BCUT2D eigenvalue weighted by molar-refractivity contribution is 8.00. The van der Waals surface area contributed by atoms with Gasteiger partial charge < -0.3 is 20.1 Å². The fraction of sp³-hybridized carbons (Fsp3) is 0.222. The average Bonchev–Trinajstić information content (AvgIpc) is 2.63. The van der Waals surface area contributed by atoms with Gasteiger partial charge in [0.1, 0.15) is 17.3 Å². The maximum atomic E-state index is 12.8. The Morgan fingerprint density at radius 2 is 1.62 bits per heavy atom. The summed E-state index contributed by atoms with van der Waals surface area (Å²) in [6.07, 6.45) is 0. The number of hydrogen-bond acceptors (Lipinski definition) is 5. The lowest BCUT2D eigenvalue weighted by Crippen LogP contribution is -2.18. The van der Waals surface area contributed by atoms with Crippen molar-refractivity contribution in [2.45, 2.75) is 0 Å². The van der Waals surface area contributed by atoms with Gasteiger partial charge in [0.15, 0.2) is 0 Å². The summed E-state index contributed by atoms with van der Waals surface area (Å²) in [5.74, 6) is 0.384. The van der Waals surface area contributed by atoms with Crippen molar-refractivity contribution in [3.8, 4) is 11.5 Å². The minimum Gasteiger partial charge on any atom is -0.497 e. The minimum atomic E-state index is -0.373. The van der Waals surface area contributed by atoms with Gasteiger partial charge in [-0.3, -0.25) is 9.59 Å². The van der Waals surface area contributed by atoms with E-state index in [-0.39, 0.29) is 29.1 Å². The van der Waals surface area contributed by atoms with E-state index in [0.29, 0.717) is 22.9 Å². The zero-order valence-corrected chi connectivity index (χ0v) is 15.2. The molecule has 0 bridgehead atoms. The first kappa shape index (κ1) is 19.6. The van der Waals surface area contributed by atoms with E-state index in [4.69, 9.17) is 9.47 Å². The number of hydrogen-bond donors (Lipinski definition) is 2. The third-order valence-corrected chi connectivity index (χ3v) is 4.21. The Hall–Kier alpha value is -2.74. The molecule has 0 aromatic heterocycles. The molecule has 138 valence electrons. The van der Waals surface area contributed by atoms with Crippen molar-refractivity contribution in [2.24, 2.45) is 0 Å². The summed E-state index contributed by atoms with van der Waals surface area (Å²) in [6, 6.07) is 10.5. The number of benzene rings is 2. The molecule has 26 heavy (non-hydrogen) atoms. The zero-order chi connectivity index (χ0) is 18.9. The molecular weight excluding hydrogens is 359 g/mol. The number of rotatable bonds is 8. The van der Waals surface area contributed by atoms with E-state index in [9.17, 15) is 14.0 Å². The summed E-state index contributed by atoms with van der Waals surface area (Å²) >= 11 is 1.16. The second-order valence-electron chi connectivity index (χ2n) is 5.16. The molecule has 0 aliphatic heterocycles. The van der Waals surface area contributed by atoms with Crippen LogP contribution < -0.4 is 20.1 Å². The normalized spacial score (nSPS) is 10.1. The van der Waals surface area contributed by atoms with Crippen LogP contribution in [0, 0.1) is 5.82 Å². The van der Waals surface area contributed by atoms with Gasteiger partial charge in [-0.15, -0.1) is 11.8 Å². The number of amides is 2. The molecule has 0 fully saturated rings. The Kier molecular flexibility index (Phi) is 7.28. The first-order valence-electron chi connectivity index (χ1n) is 7.67. The predicted octanol–water partition coefficient (Wildman–Crippen LogP) is 3.15. The van der Waals surface area contributed by atoms with Gasteiger partial charge >= 0.3 is 0 Å². The van der Waals surface area contributed by atoms with Crippen LogP contribution in [-0.2, 0) is 9.59 Å². The summed E-state index contributed by atoms with van der Waals surface area (Å²) in [6.45, 7) is 0. The largest absolute Gasteiger partial charge is 0.497 e. The highest BCUT2D eigenvalue weighted by Crippen LogP contribution is 2.28. The number of carbonyl (C=O) groups is 2. The van der Waals surface area contributed by atoms with Gasteiger partial charge in [0.05, 0.1) is 31.4 Å². The molecule has 0 atom stereocenters. The van der Waals surface area contributed by atoms with Crippen molar-refractivity contribution < 1.29 is 23.5 Å². The Morgan fingerprint density at radius 1 is 0.962 bits per heavy atom. The van der Waals surface area contributed by atoms with E-state index in [1.165, 1.54) is 38.5 Å². The standard InChI is InChI=1S/C18H19FN2O4S/c1-24-14-7-8-16(25-2)15(9-14)21-18(23)11-26-10-17(22)20-13-5-3-12(19)4-6-13/h3-9H,10-11H2,1-2H3,(H,20,22)(H,21,23). The van der Waals surface area contributed by atoms with E-state index in [2.05, 4.69) is 10.6 Å². The van der Waals surface area contributed by atoms with Gasteiger partial charge in [0, 0.05) is 11.8 Å². The van der Waals surface area contributed by atoms with Gasteiger partial charge in [-0.1, -0.05) is 0 Å². The van der Waals surface area contributed by atoms with E-state index in [0.717, 1.165) is 11.8 Å². The Balaban J connectivity index is 1.80. The van der Waals surface area contributed by atoms with Crippen LogP contribution in [0.5, 0.6) is 11.5 Å². The first-order valence-corrected chi connectivity index (χ1v) is 8.82. The summed E-state index contributed by atoms with van der Waals surface area (Å²) in [5, 5.41) is 5.36. The lowest BCUT2D eigenvalue weighted by Gasteiger charge is -2.11. The number of ether oxygens (including phenoxy) is 2. The highest BCUT2D eigenvalue weighted by Gasteiger charge is 2.10. The third kappa shape index (κ3) is 5.96. The fourth-order valence-corrected chi connectivity index (χ4v) is 2.68. The molecule has 2 N–H and O–H groups in total. The third-order valence-electron chi connectivity index (χ3n) is 3.28. The van der Waals surface area contributed by atoms with E-state index < -0.39 is 0 Å². The molecule has 0 spiro atoms. The van der Waals surface area contributed by atoms with Crippen molar-refractivity contribution in [1.82, 2.24) is 0 Å². The lowest BCUT2D eigenvalue weighted by molar-refractivity contribution is -0.114. The number of anilines is 2. The monoisotopic (exact) mass is 378 g/mol. The van der Waals surface area contributed by atoms with Gasteiger partial charge in [-0.2, -0.15) is 0 Å². The van der Waals surface area contributed by atoms with Crippen molar-refractivity contribution in [1.29, 1.82) is 0 Å². The second-order valence-corrected chi connectivity index (χ2v) is 6.15. The molecular formula is C18H19FN2O4S. The number of thioether (sulfide) groups is 1. The molecule has 0 radical (unpaired) electrons. The number of carbonyl (C=O) groups excluding carboxylic acids is 2. The van der Waals surface area contributed by atoms with Crippen LogP contribution in [0.1, 0.15) is 0 Å². The Labute approximate surface area is 155 Å². The van der Waals surface area contributed by atoms with Gasteiger partial charge in [0.25, 0.3) is 0 Å². The quantitative estimate of drug-likeness (QED) is 0.738. The lowest BCUT2D eigenvalue weighted by atomic mass is 10.2. The summed E-state index contributed by atoms with van der Waals surface area (Å²) in [5.41, 5.74) is 0.996. The van der Waals surface area contributed by atoms with Crippen molar-refractivity contribution in [3.63, 3.8) is 0 Å². The summed E-state index contributed by atoms with van der Waals surface area (Å²) < 4.78 is 23.1. The van der Waals surface area contributed by atoms with E-state index in [1.54, 1.807) is 18.2 Å². The smallest absolute Gasteiger partial charge is 0.234 e. The van der Waals surface area contributed by atoms with Crippen molar-refractivity contribution in [2.75, 3.05) is 36.4 Å². The fourth-order valence-electron chi connectivity index (χ4n) is 2.06. The molecule has 0 saturated heterocycles. The molecule has 6 nitrogen and oxygen atoms in total. The highest BCUT2D eigenvalue weighted by atomic mass is 32.2. The molecule has 8 heteroatoms. The second kappa shape index (κ2) is 9.67. The molecule has 0 aliphatic carbocycles. The molecule has 2 aromatic rings. The average molecular weight is 378 g/mol. The first-order chi connectivity index (χ1) is 12.5. The maximum absolute atomic E-state index is 12.8. The Morgan fingerprint density at radius 3 is 2.23 bits per heavy atom. The summed E-state index contributed by atoms with van der Waals surface area (Å²) in [4.78, 5) is 23.9. The molecule has 0 heterocycles. The summed E-state index contributed by atoms with van der Waals surface area (Å²) in [7, 11) is 3.04. The molecule has 0 saturated carbocycles. The number of halogens is 1. The van der Waals surface area contributed by atoms with E-state index >= 15 is 0 Å². The van der Waals surface area contributed by atoms with Crippen LogP contribution in [0.25, 0.3) is 0 Å². The van der Waals surface area contributed by atoms with Crippen molar-refractivity contribution in [3.05, 3.63) is 48.3 Å². The van der Waals surface area contributed by atoms with Crippen LogP contribution in [0.3, 0.4) is 0 Å². The van der Waals surface area contributed by atoms with Gasteiger partial charge in [-0.05, 0) is 36.4 Å². The number of nitrogens with one attached hydrogen (secondary N) is 2. The molecule has 0 unspecified atom stereocenters. The molecule has 0 aliphatic rings. The number of methoxy groups -OCH3 is 2. The SMILES string of the molecule is COc1ccc(OC)c(NC(=O)CSCC(=O)Nc2ccc(F)cc2)c1. The topological polar surface area (TPSA) is 76.7 Å². The van der Waals surface area contributed by atoms with E-state index in [1.807, 2.05) is 0 Å². The van der Waals surface area contributed by atoms with Gasteiger partial charge in [0.2, 0.25) is 11.8 Å². The van der Waals surface area contributed by atoms with Gasteiger partial charge in [-0.25, -0.2) is 4.39 Å².